The van der Waals surface area contributed by atoms with Crippen molar-refractivity contribution in [1.29, 1.82) is 0 Å². The van der Waals surface area contributed by atoms with E-state index in [1.807, 2.05) is 18.2 Å². The van der Waals surface area contributed by atoms with Crippen molar-refractivity contribution < 1.29 is 14.3 Å². The number of halogens is 2. The molecule has 1 amide bonds. The lowest BCUT2D eigenvalue weighted by Gasteiger charge is -2.19. The molecule has 0 bridgehead atoms. The summed E-state index contributed by atoms with van der Waals surface area (Å²) in [7, 11) is 1.63. The highest BCUT2D eigenvalue weighted by molar-refractivity contribution is 7.99. The molecule has 1 atom stereocenters. The molecule has 6 nitrogen and oxygen atoms in total. The Balaban J connectivity index is 0.00000338. The second-order valence-corrected chi connectivity index (χ2v) is 6.88. The Morgan fingerprint density at radius 2 is 2.04 bits per heavy atom. The topological polar surface area (TPSA) is 62.8 Å². The lowest BCUT2D eigenvalue weighted by molar-refractivity contribution is -0.122. The van der Waals surface area contributed by atoms with Gasteiger partial charge < -0.3 is 19.7 Å². The van der Waals surface area contributed by atoms with Crippen LogP contribution in [0.1, 0.15) is 19.4 Å². The standard InChI is InChI=1S/C18H29N3O3S.2ClH/c1-4-21(5-2)8-9-24-16-7-6-14(10-17(16)23-3)11-19-18(22)15-12-25-13-20-15;;/h6-7,10,15,20H,4-5,8-9,11-13H2,1-3H3,(H,19,22);2*1H. The Labute approximate surface area is 178 Å². The highest BCUT2D eigenvalue weighted by atomic mass is 35.5. The number of thioether (sulfide) groups is 1. The van der Waals surface area contributed by atoms with Gasteiger partial charge >= 0.3 is 0 Å². The number of hydrogen-bond donors (Lipinski definition) is 2. The normalized spacial score (nSPS) is 15.6. The number of amides is 1. The molecule has 1 aromatic rings. The van der Waals surface area contributed by atoms with E-state index < -0.39 is 0 Å². The van der Waals surface area contributed by atoms with Crippen molar-refractivity contribution in [3.63, 3.8) is 0 Å². The Bertz CT molecular complexity index is 557. The Kier molecular flexibility index (Phi) is 13.7. The van der Waals surface area contributed by atoms with Crippen LogP contribution in [0.2, 0.25) is 0 Å². The highest BCUT2D eigenvalue weighted by Gasteiger charge is 2.22. The van der Waals surface area contributed by atoms with Crippen LogP contribution >= 0.6 is 36.6 Å². The van der Waals surface area contributed by atoms with Crippen LogP contribution in [0.25, 0.3) is 0 Å². The van der Waals surface area contributed by atoms with E-state index in [2.05, 4.69) is 29.4 Å². The fourth-order valence-corrected chi connectivity index (χ4v) is 3.58. The molecule has 1 aromatic carbocycles. The number of carbonyl (C=O) groups is 1. The van der Waals surface area contributed by atoms with Crippen LogP contribution in [-0.4, -0.2) is 61.8 Å². The third-order valence-electron chi connectivity index (χ3n) is 4.29. The monoisotopic (exact) mass is 439 g/mol. The predicted molar refractivity (Wildman–Crippen MR) is 117 cm³/mol. The molecule has 27 heavy (non-hydrogen) atoms. The second kappa shape index (κ2) is 14.2. The van der Waals surface area contributed by atoms with E-state index in [0.29, 0.717) is 18.9 Å². The van der Waals surface area contributed by atoms with Crippen LogP contribution in [0, 0.1) is 0 Å². The van der Waals surface area contributed by atoms with Gasteiger partial charge in [-0.2, -0.15) is 0 Å². The van der Waals surface area contributed by atoms with Gasteiger partial charge in [0.1, 0.15) is 6.61 Å². The number of likely N-dealkylation sites (N-methyl/N-ethyl adjacent to an activating group) is 1. The molecule has 1 unspecified atom stereocenters. The van der Waals surface area contributed by atoms with E-state index >= 15 is 0 Å². The van der Waals surface area contributed by atoms with Crippen molar-refractivity contribution in [3.8, 4) is 11.5 Å². The maximum absolute atomic E-state index is 12.1. The van der Waals surface area contributed by atoms with Crippen molar-refractivity contribution in [1.82, 2.24) is 15.5 Å². The van der Waals surface area contributed by atoms with Crippen LogP contribution < -0.4 is 20.1 Å². The lowest BCUT2D eigenvalue weighted by Crippen LogP contribution is -2.41. The first-order valence-corrected chi connectivity index (χ1v) is 9.94. The zero-order valence-electron chi connectivity index (χ0n) is 16.2. The number of methoxy groups -OCH3 is 1. The van der Waals surface area contributed by atoms with Gasteiger partial charge in [-0.05, 0) is 30.8 Å². The third kappa shape index (κ3) is 8.35. The quantitative estimate of drug-likeness (QED) is 0.583. The zero-order chi connectivity index (χ0) is 18.1. The molecule has 2 N–H and O–H groups in total. The second-order valence-electron chi connectivity index (χ2n) is 5.85. The fraction of sp³-hybridized carbons (Fsp3) is 0.611. The number of hydrogen-bond acceptors (Lipinski definition) is 6. The average Bonchev–Trinajstić information content (AvgIpc) is 3.18. The largest absolute Gasteiger partial charge is 0.493 e. The lowest BCUT2D eigenvalue weighted by atomic mass is 10.2. The van der Waals surface area contributed by atoms with Gasteiger partial charge in [0.2, 0.25) is 5.91 Å². The van der Waals surface area contributed by atoms with Gasteiger partial charge in [0, 0.05) is 24.7 Å². The molecule has 0 saturated carbocycles. The zero-order valence-corrected chi connectivity index (χ0v) is 18.6. The van der Waals surface area contributed by atoms with Gasteiger partial charge in [0.15, 0.2) is 11.5 Å². The van der Waals surface area contributed by atoms with Gasteiger partial charge in [0.25, 0.3) is 0 Å². The maximum Gasteiger partial charge on any atom is 0.238 e. The average molecular weight is 440 g/mol. The number of carbonyl (C=O) groups excluding carboxylic acids is 1. The Hall–Kier alpha value is -0.860. The number of nitrogens with zero attached hydrogens (tertiary/aromatic N) is 1. The molecule has 0 spiro atoms. The summed E-state index contributed by atoms with van der Waals surface area (Å²) in [5.41, 5.74) is 0.993. The van der Waals surface area contributed by atoms with E-state index in [-0.39, 0.29) is 36.8 Å². The summed E-state index contributed by atoms with van der Waals surface area (Å²) >= 11 is 1.74. The first-order chi connectivity index (χ1) is 12.2. The minimum absolute atomic E-state index is 0. The molecular weight excluding hydrogens is 409 g/mol. The summed E-state index contributed by atoms with van der Waals surface area (Å²) in [5.74, 6) is 3.14. The fourth-order valence-electron chi connectivity index (χ4n) is 2.64. The molecule has 1 fully saturated rings. The van der Waals surface area contributed by atoms with Crippen molar-refractivity contribution in [2.75, 3.05) is 45.0 Å². The number of benzene rings is 1. The number of rotatable bonds is 10. The number of nitrogens with one attached hydrogen (secondary N) is 2. The Morgan fingerprint density at radius 3 is 2.63 bits per heavy atom. The first kappa shape index (κ1) is 26.1. The summed E-state index contributed by atoms with van der Waals surface area (Å²) in [6.07, 6.45) is 0. The molecule has 2 rings (SSSR count). The SMILES string of the molecule is CCN(CC)CCOc1ccc(CNC(=O)C2CSCN2)cc1OC.Cl.Cl. The van der Waals surface area contributed by atoms with Crippen LogP contribution in [0.3, 0.4) is 0 Å². The van der Waals surface area contributed by atoms with E-state index in [1.165, 1.54) is 0 Å². The minimum Gasteiger partial charge on any atom is -0.493 e. The van der Waals surface area contributed by atoms with Crippen molar-refractivity contribution >= 4 is 42.5 Å². The molecule has 1 saturated heterocycles. The van der Waals surface area contributed by atoms with Gasteiger partial charge in [-0.1, -0.05) is 19.9 Å². The summed E-state index contributed by atoms with van der Waals surface area (Å²) in [5, 5.41) is 6.14. The molecule has 156 valence electrons. The molecule has 0 radical (unpaired) electrons. The van der Waals surface area contributed by atoms with Gasteiger partial charge in [-0.3, -0.25) is 10.1 Å². The molecule has 1 aliphatic rings. The smallest absolute Gasteiger partial charge is 0.238 e. The van der Waals surface area contributed by atoms with Gasteiger partial charge in [0.05, 0.1) is 13.2 Å². The summed E-state index contributed by atoms with van der Waals surface area (Å²) in [4.78, 5) is 14.4. The molecular formula is C18H31Cl2N3O3S. The van der Waals surface area contributed by atoms with Crippen LogP contribution in [0.15, 0.2) is 18.2 Å². The van der Waals surface area contributed by atoms with Crippen LogP contribution in [0.5, 0.6) is 11.5 Å². The summed E-state index contributed by atoms with van der Waals surface area (Å²) < 4.78 is 11.3. The van der Waals surface area contributed by atoms with Crippen molar-refractivity contribution in [2.45, 2.75) is 26.4 Å². The maximum atomic E-state index is 12.1. The molecule has 0 aromatic heterocycles. The molecule has 9 heteroatoms. The third-order valence-corrected chi connectivity index (χ3v) is 5.23. The van der Waals surface area contributed by atoms with E-state index in [4.69, 9.17) is 9.47 Å². The minimum atomic E-state index is -0.0884. The summed E-state index contributed by atoms with van der Waals surface area (Å²) in [6, 6.07) is 5.71. The van der Waals surface area contributed by atoms with E-state index in [0.717, 1.165) is 42.6 Å². The number of ether oxygens (including phenoxy) is 2. The predicted octanol–water partition coefficient (Wildman–Crippen LogP) is 2.54. The van der Waals surface area contributed by atoms with E-state index in [9.17, 15) is 4.79 Å². The highest BCUT2D eigenvalue weighted by Crippen LogP contribution is 2.28. The molecule has 1 aliphatic heterocycles. The van der Waals surface area contributed by atoms with Crippen LogP contribution in [-0.2, 0) is 11.3 Å². The first-order valence-electron chi connectivity index (χ1n) is 8.78. The van der Waals surface area contributed by atoms with Crippen LogP contribution in [0.4, 0.5) is 0 Å². The van der Waals surface area contributed by atoms with Gasteiger partial charge in [-0.15, -0.1) is 36.6 Å². The Morgan fingerprint density at radius 1 is 1.30 bits per heavy atom. The molecule has 1 heterocycles. The van der Waals surface area contributed by atoms with E-state index in [1.54, 1.807) is 18.9 Å². The van der Waals surface area contributed by atoms with Gasteiger partial charge in [-0.25, -0.2) is 0 Å². The molecule has 0 aliphatic carbocycles. The van der Waals surface area contributed by atoms with Crippen molar-refractivity contribution in [2.24, 2.45) is 0 Å². The van der Waals surface area contributed by atoms with Crippen molar-refractivity contribution in [3.05, 3.63) is 23.8 Å². The summed E-state index contributed by atoms with van der Waals surface area (Å²) in [6.45, 7) is 8.32.